The Bertz CT molecular complexity index is 1340. The molecule has 0 bridgehead atoms. The molecule has 1 aromatic carbocycles. The standard InChI is InChI=1S/C22H23N5O2.C2HF3O2/c28-20-21(29)27(13-17-6-2-1-3-7-17)24-19-12-22(16-26(19)20)9-11-25(15-22)14-18-8-4-5-10-23-18;3-2(4,5)1(6)7/h1-8,10H,9,11-16H2;(H,6,7). The molecule has 1 atom stereocenters. The van der Waals surface area contributed by atoms with Gasteiger partial charge >= 0.3 is 23.3 Å². The number of benzene rings is 1. The molecule has 36 heavy (non-hydrogen) atoms. The van der Waals surface area contributed by atoms with Crippen LogP contribution >= 0.6 is 0 Å². The zero-order chi connectivity index (χ0) is 25.9. The summed E-state index contributed by atoms with van der Waals surface area (Å²) in [5.74, 6) is -2.03. The van der Waals surface area contributed by atoms with E-state index in [1.807, 2.05) is 54.7 Å². The first kappa shape index (κ1) is 25.3. The van der Waals surface area contributed by atoms with Gasteiger partial charge < -0.3 is 5.11 Å². The molecule has 2 aliphatic heterocycles. The second-order valence-corrected chi connectivity index (χ2v) is 9.02. The van der Waals surface area contributed by atoms with Crippen molar-refractivity contribution in [1.82, 2.24) is 24.2 Å². The number of carboxylic acids is 1. The number of likely N-dealkylation sites (tertiary alicyclic amines) is 1. The zero-order valence-corrected chi connectivity index (χ0v) is 19.2. The average Bonchev–Trinajstić information content (AvgIpc) is 3.40. The molecule has 4 heterocycles. The Labute approximate surface area is 203 Å². The molecule has 1 N–H and O–H groups in total. The molecule has 0 aliphatic carbocycles. The first-order chi connectivity index (χ1) is 17.1. The Morgan fingerprint density at radius 2 is 1.69 bits per heavy atom. The molecule has 5 rings (SSSR count). The summed E-state index contributed by atoms with van der Waals surface area (Å²) < 4.78 is 34.7. The van der Waals surface area contributed by atoms with E-state index in [9.17, 15) is 22.8 Å². The number of rotatable bonds is 4. The van der Waals surface area contributed by atoms with Crippen LogP contribution in [-0.4, -0.2) is 54.6 Å². The van der Waals surface area contributed by atoms with Crippen LogP contribution in [0.5, 0.6) is 0 Å². The van der Waals surface area contributed by atoms with E-state index in [0.717, 1.165) is 49.6 Å². The molecule has 1 fully saturated rings. The summed E-state index contributed by atoms with van der Waals surface area (Å²) in [6.45, 7) is 3.56. The minimum atomic E-state index is -5.08. The zero-order valence-electron chi connectivity index (χ0n) is 19.2. The number of aliphatic carboxylic acids is 1. The Hall–Kier alpha value is -3.80. The quantitative estimate of drug-likeness (QED) is 0.542. The van der Waals surface area contributed by atoms with Crippen molar-refractivity contribution in [1.29, 1.82) is 0 Å². The van der Waals surface area contributed by atoms with Crippen molar-refractivity contribution < 1.29 is 23.1 Å². The number of fused-ring (bicyclic) bond motifs is 1. The fourth-order valence-electron chi connectivity index (χ4n) is 4.62. The lowest BCUT2D eigenvalue weighted by Gasteiger charge is -2.22. The molecule has 0 amide bonds. The van der Waals surface area contributed by atoms with Gasteiger partial charge in [-0.25, -0.2) is 9.48 Å². The van der Waals surface area contributed by atoms with Gasteiger partial charge in [-0.05, 0) is 30.7 Å². The highest BCUT2D eigenvalue weighted by atomic mass is 19.4. The van der Waals surface area contributed by atoms with Gasteiger partial charge in [0.05, 0.1) is 12.2 Å². The van der Waals surface area contributed by atoms with Gasteiger partial charge in [-0.2, -0.15) is 18.3 Å². The summed E-state index contributed by atoms with van der Waals surface area (Å²) in [4.78, 5) is 41.0. The van der Waals surface area contributed by atoms with Crippen LogP contribution in [0, 0.1) is 5.41 Å². The average molecular weight is 503 g/mol. The van der Waals surface area contributed by atoms with Gasteiger partial charge in [-0.3, -0.25) is 24.0 Å². The Balaban J connectivity index is 0.000000384. The summed E-state index contributed by atoms with van der Waals surface area (Å²) in [7, 11) is 0. The van der Waals surface area contributed by atoms with Gasteiger partial charge in [0.2, 0.25) is 0 Å². The molecule has 0 saturated carbocycles. The van der Waals surface area contributed by atoms with Crippen LogP contribution in [-0.2, 0) is 30.8 Å². The van der Waals surface area contributed by atoms with E-state index in [0.29, 0.717) is 13.1 Å². The Morgan fingerprint density at radius 3 is 2.33 bits per heavy atom. The maximum Gasteiger partial charge on any atom is 0.490 e. The van der Waals surface area contributed by atoms with Gasteiger partial charge in [-0.15, -0.1) is 0 Å². The topological polar surface area (TPSA) is 110 Å². The van der Waals surface area contributed by atoms with Crippen molar-refractivity contribution in [2.24, 2.45) is 5.41 Å². The largest absolute Gasteiger partial charge is 0.490 e. The molecule has 0 radical (unpaired) electrons. The highest BCUT2D eigenvalue weighted by Gasteiger charge is 2.44. The smallest absolute Gasteiger partial charge is 0.475 e. The van der Waals surface area contributed by atoms with Gasteiger partial charge in [0.25, 0.3) is 0 Å². The lowest BCUT2D eigenvalue weighted by Crippen LogP contribution is -2.43. The van der Waals surface area contributed by atoms with Crippen molar-refractivity contribution in [3.8, 4) is 0 Å². The first-order valence-corrected chi connectivity index (χ1v) is 11.2. The first-order valence-electron chi connectivity index (χ1n) is 11.2. The normalized spacial score (nSPS) is 19.1. The lowest BCUT2D eigenvalue weighted by atomic mass is 9.86. The number of alkyl halides is 3. The number of pyridine rings is 1. The van der Waals surface area contributed by atoms with E-state index in [4.69, 9.17) is 9.90 Å². The van der Waals surface area contributed by atoms with Gasteiger partial charge in [0.15, 0.2) is 0 Å². The highest BCUT2D eigenvalue weighted by Crippen LogP contribution is 2.39. The minimum Gasteiger partial charge on any atom is -0.475 e. The molecule has 190 valence electrons. The van der Waals surface area contributed by atoms with Crippen LogP contribution in [0.3, 0.4) is 0 Å². The van der Waals surface area contributed by atoms with Crippen LogP contribution in [0.2, 0.25) is 0 Å². The molecule has 12 heteroatoms. The molecular weight excluding hydrogens is 479 g/mol. The molecule has 2 aromatic heterocycles. The summed E-state index contributed by atoms with van der Waals surface area (Å²) in [5, 5.41) is 11.7. The van der Waals surface area contributed by atoms with Gasteiger partial charge in [-0.1, -0.05) is 36.4 Å². The molecular formula is C24H24F3N5O4. The highest BCUT2D eigenvalue weighted by molar-refractivity contribution is 5.73. The molecule has 1 unspecified atom stereocenters. The Morgan fingerprint density at radius 1 is 1.00 bits per heavy atom. The number of aromatic nitrogens is 4. The van der Waals surface area contributed by atoms with E-state index in [1.165, 1.54) is 4.68 Å². The van der Waals surface area contributed by atoms with E-state index in [-0.39, 0.29) is 5.41 Å². The summed E-state index contributed by atoms with van der Waals surface area (Å²) in [6.07, 6.45) is -1.54. The summed E-state index contributed by atoms with van der Waals surface area (Å²) in [5.41, 5.74) is 0.996. The Kier molecular flexibility index (Phi) is 7.07. The minimum absolute atomic E-state index is 0.0215. The third-order valence-corrected chi connectivity index (χ3v) is 6.28. The van der Waals surface area contributed by atoms with Crippen LogP contribution in [0.1, 0.15) is 23.5 Å². The second kappa shape index (κ2) is 10.1. The fourth-order valence-corrected chi connectivity index (χ4v) is 4.62. The van der Waals surface area contributed by atoms with Crippen LogP contribution in [0.4, 0.5) is 13.2 Å². The fraction of sp³-hybridized carbons (Fsp3) is 0.375. The second-order valence-electron chi connectivity index (χ2n) is 9.02. The van der Waals surface area contributed by atoms with Crippen molar-refractivity contribution in [2.75, 3.05) is 13.1 Å². The van der Waals surface area contributed by atoms with Crippen LogP contribution in [0.15, 0.2) is 64.3 Å². The third kappa shape index (κ3) is 5.70. The van der Waals surface area contributed by atoms with Crippen molar-refractivity contribution >= 4 is 5.97 Å². The van der Waals surface area contributed by atoms with E-state index in [1.54, 1.807) is 4.57 Å². The SMILES string of the molecule is O=C(O)C(F)(F)F.O=c1c(=O)n2c(nn1Cc1ccccc1)CC1(CCN(Cc3ccccn3)C1)C2. The number of hydrogen-bond donors (Lipinski definition) is 1. The molecule has 3 aromatic rings. The predicted molar refractivity (Wildman–Crippen MR) is 122 cm³/mol. The number of nitrogens with zero attached hydrogens (tertiary/aromatic N) is 5. The van der Waals surface area contributed by atoms with Crippen molar-refractivity contribution in [3.63, 3.8) is 0 Å². The summed E-state index contributed by atoms with van der Waals surface area (Å²) >= 11 is 0. The number of hydrogen-bond acceptors (Lipinski definition) is 6. The maximum atomic E-state index is 12.8. The third-order valence-electron chi connectivity index (χ3n) is 6.28. The predicted octanol–water partition coefficient (Wildman–Crippen LogP) is 1.93. The van der Waals surface area contributed by atoms with Gasteiger partial charge in [0.1, 0.15) is 5.82 Å². The number of carboxylic acid groups (broad SMARTS) is 1. The van der Waals surface area contributed by atoms with Crippen molar-refractivity contribution in [2.45, 2.75) is 38.7 Å². The molecule has 1 spiro atoms. The molecule has 9 nitrogen and oxygen atoms in total. The van der Waals surface area contributed by atoms with E-state index in [2.05, 4.69) is 15.0 Å². The van der Waals surface area contributed by atoms with E-state index >= 15 is 0 Å². The van der Waals surface area contributed by atoms with Crippen molar-refractivity contribution in [3.05, 3.63) is 92.5 Å². The van der Waals surface area contributed by atoms with E-state index < -0.39 is 23.3 Å². The number of carbonyl (C=O) groups is 1. The maximum absolute atomic E-state index is 12.8. The van der Waals surface area contributed by atoms with Crippen LogP contribution in [0.25, 0.3) is 0 Å². The monoisotopic (exact) mass is 503 g/mol. The lowest BCUT2D eigenvalue weighted by molar-refractivity contribution is -0.192. The molecule has 2 aliphatic rings. The summed E-state index contributed by atoms with van der Waals surface area (Å²) in [6, 6.07) is 15.6. The van der Waals surface area contributed by atoms with Crippen LogP contribution < -0.4 is 11.1 Å². The molecule has 1 saturated heterocycles. The van der Waals surface area contributed by atoms with Gasteiger partial charge in [0, 0.05) is 37.7 Å². The number of halogens is 3.